The number of benzene rings is 2. The highest BCUT2D eigenvalue weighted by atomic mass is 35.5. The first-order valence-electron chi connectivity index (χ1n) is 9.31. The van der Waals surface area contributed by atoms with Gasteiger partial charge in [-0.1, -0.05) is 55.2 Å². The third-order valence-electron chi connectivity index (χ3n) is 5.78. The lowest BCUT2D eigenvalue weighted by atomic mass is 9.60. The Morgan fingerprint density at radius 2 is 1.96 bits per heavy atom. The van der Waals surface area contributed by atoms with Crippen LogP contribution in [-0.4, -0.2) is 24.6 Å². The van der Waals surface area contributed by atoms with Gasteiger partial charge in [0.15, 0.2) is 5.78 Å². The summed E-state index contributed by atoms with van der Waals surface area (Å²) in [5.41, 5.74) is 2.51. The van der Waals surface area contributed by atoms with Gasteiger partial charge >= 0.3 is 0 Å². The third-order valence-corrected chi connectivity index (χ3v) is 6.25. The second-order valence-electron chi connectivity index (χ2n) is 7.69. The number of rotatable bonds is 3. The fourth-order valence-electron chi connectivity index (χ4n) is 4.55. The molecule has 2 aromatic carbocycles. The normalized spacial score (nSPS) is 26.6. The van der Waals surface area contributed by atoms with E-state index in [0.29, 0.717) is 10.0 Å². The van der Waals surface area contributed by atoms with Gasteiger partial charge in [0.2, 0.25) is 0 Å². The SMILES string of the molecule is CC(C)C(=O)[C@@H]1NCC[C@@H](c2cccc(Cl)c2)[C@]12C=Nc1cc(Cl)ccc12. The second-order valence-corrected chi connectivity index (χ2v) is 8.57. The number of fused-ring (bicyclic) bond motifs is 2. The van der Waals surface area contributed by atoms with E-state index >= 15 is 0 Å². The topological polar surface area (TPSA) is 41.5 Å². The molecule has 140 valence electrons. The molecular weight excluding hydrogens is 379 g/mol. The van der Waals surface area contributed by atoms with E-state index < -0.39 is 5.41 Å². The van der Waals surface area contributed by atoms with Gasteiger partial charge in [0.25, 0.3) is 0 Å². The maximum Gasteiger partial charge on any atom is 0.153 e. The van der Waals surface area contributed by atoms with Crippen molar-refractivity contribution in [3.05, 3.63) is 63.6 Å². The van der Waals surface area contributed by atoms with Gasteiger partial charge in [0.05, 0.1) is 17.1 Å². The Bertz CT molecular complexity index is 924. The molecule has 1 saturated heterocycles. The van der Waals surface area contributed by atoms with Gasteiger partial charge in [0.1, 0.15) is 0 Å². The Labute approximate surface area is 169 Å². The quantitative estimate of drug-likeness (QED) is 0.757. The van der Waals surface area contributed by atoms with Gasteiger partial charge < -0.3 is 5.32 Å². The number of piperidine rings is 1. The summed E-state index contributed by atoms with van der Waals surface area (Å²) in [6, 6.07) is 13.4. The van der Waals surface area contributed by atoms with Gasteiger partial charge in [-0.2, -0.15) is 0 Å². The molecular formula is C22H22Cl2N2O. The van der Waals surface area contributed by atoms with Crippen molar-refractivity contribution in [3.63, 3.8) is 0 Å². The average molecular weight is 401 g/mol. The van der Waals surface area contributed by atoms with Crippen molar-refractivity contribution < 1.29 is 4.79 Å². The lowest BCUT2D eigenvalue weighted by molar-refractivity contribution is -0.125. The molecule has 2 aromatic rings. The Hall–Kier alpha value is -1.68. The van der Waals surface area contributed by atoms with Crippen LogP contribution in [0.5, 0.6) is 0 Å². The fraction of sp³-hybridized carbons (Fsp3) is 0.364. The monoisotopic (exact) mass is 400 g/mol. The molecule has 1 fully saturated rings. The van der Waals surface area contributed by atoms with E-state index in [1.54, 1.807) is 0 Å². The molecule has 27 heavy (non-hydrogen) atoms. The number of carbonyl (C=O) groups is 1. The summed E-state index contributed by atoms with van der Waals surface area (Å²) in [7, 11) is 0. The smallest absolute Gasteiger partial charge is 0.153 e. The first-order valence-corrected chi connectivity index (χ1v) is 10.1. The van der Waals surface area contributed by atoms with Crippen LogP contribution >= 0.6 is 23.2 Å². The molecule has 1 spiro atoms. The Morgan fingerprint density at radius 3 is 2.70 bits per heavy atom. The van der Waals surface area contributed by atoms with Crippen molar-refractivity contribution in [2.45, 2.75) is 37.6 Å². The summed E-state index contributed by atoms with van der Waals surface area (Å²) in [5.74, 6) is 0.245. The summed E-state index contributed by atoms with van der Waals surface area (Å²) >= 11 is 12.5. The molecule has 0 amide bonds. The highest BCUT2D eigenvalue weighted by Gasteiger charge is 2.54. The van der Waals surface area contributed by atoms with Crippen molar-refractivity contribution in [2.75, 3.05) is 6.54 Å². The van der Waals surface area contributed by atoms with E-state index in [0.717, 1.165) is 29.8 Å². The van der Waals surface area contributed by atoms with E-state index in [-0.39, 0.29) is 23.7 Å². The molecule has 2 heterocycles. The Morgan fingerprint density at radius 1 is 1.19 bits per heavy atom. The number of nitrogens with one attached hydrogen (secondary N) is 1. The van der Waals surface area contributed by atoms with E-state index in [4.69, 9.17) is 28.2 Å². The van der Waals surface area contributed by atoms with Crippen molar-refractivity contribution in [3.8, 4) is 0 Å². The minimum atomic E-state index is -0.537. The molecule has 0 saturated carbocycles. The molecule has 0 unspecified atom stereocenters. The van der Waals surface area contributed by atoms with E-state index in [2.05, 4.69) is 11.4 Å². The van der Waals surface area contributed by atoms with Crippen molar-refractivity contribution in [1.29, 1.82) is 0 Å². The van der Waals surface area contributed by atoms with Crippen LogP contribution < -0.4 is 5.32 Å². The molecule has 0 bridgehead atoms. The van der Waals surface area contributed by atoms with Crippen molar-refractivity contribution in [1.82, 2.24) is 5.32 Å². The summed E-state index contributed by atoms with van der Waals surface area (Å²) in [6.45, 7) is 4.68. The van der Waals surface area contributed by atoms with E-state index in [1.807, 2.05) is 56.5 Å². The number of hydrogen-bond donors (Lipinski definition) is 1. The van der Waals surface area contributed by atoms with Crippen LogP contribution in [0.15, 0.2) is 47.5 Å². The molecule has 5 heteroatoms. The van der Waals surface area contributed by atoms with Crippen molar-refractivity contribution in [2.24, 2.45) is 10.9 Å². The number of nitrogens with zero attached hydrogens (tertiary/aromatic N) is 1. The Balaban J connectivity index is 1.93. The number of aliphatic imine (C=N–C) groups is 1. The summed E-state index contributed by atoms with van der Waals surface area (Å²) in [4.78, 5) is 17.9. The predicted octanol–water partition coefficient (Wildman–Crippen LogP) is 5.32. The van der Waals surface area contributed by atoms with Crippen LogP contribution in [0.4, 0.5) is 5.69 Å². The van der Waals surface area contributed by atoms with Crippen LogP contribution in [-0.2, 0) is 10.2 Å². The number of Topliss-reactive ketones (excluding diaryl/α,β-unsaturated/α-hetero) is 1. The molecule has 3 atom stereocenters. The van der Waals surface area contributed by atoms with Gasteiger partial charge in [0, 0.05) is 28.1 Å². The third kappa shape index (κ3) is 3.02. The van der Waals surface area contributed by atoms with Crippen LogP contribution in [0.25, 0.3) is 0 Å². The fourth-order valence-corrected chi connectivity index (χ4v) is 4.91. The maximum absolute atomic E-state index is 13.2. The molecule has 0 radical (unpaired) electrons. The highest BCUT2D eigenvalue weighted by Crippen LogP contribution is 2.52. The summed E-state index contributed by atoms with van der Waals surface area (Å²) in [5, 5.41) is 4.85. The maximum atomic E-state index is 13.2. The number of ketones is 1. The van der Waals surface area contributed by atoms with Crippen LogP contribution in [0, 0.1) is 5.92 Å². The largest absolute Gasteiger partial charge is 0.306 e. The molecule has 1 N–H and O–H groups in total. The van der Waals surface area contributed by atoms with E-state index in [1.165, 1.54) is 0 Å². The highest BCUT2D eigenvalue weighted by molar-refractivity contribution is 6.31. The lowest BCUT2D eigenvalue weighted by Gasteiger charge is -2.47. The van der Waals surface area contributed by atoms with Gasteiger partial charge in [-0.25, -0.2) is 0 Å². The van der Waals surface area contributed by atoms with Gasteiger partial charge in [-0.3, -0.25) is 9.79 Å². The molecule has 3 nitrogen and oxygen atoms in total. The zero-order chi connectivity index (χ0) is 19.2. The van der Waals surface area contributed by atoms with Gasteiger partial charge in [-0.15, -0.1) is 0 Å². The van der Waals surface area contributed by atoms with E-state index in [9.17, 15) is 4.79 Å². The molecule has 4 rings (SSSR count). The van der Waals surface area contributed by atoms with Gasteiger partial charge in [-0.05, 0) is 48.4 Å². The zero-order valence-electron chi connectivity index (χ0n) is 15.4. The second kappa shape index (κ2) is 7.05. The number of halogens is 2. The van der Waals surface area contributed by atoms with Crippen molar-refractivity contribution >= 4 is 40.9 Å². The minimum absolute atomic E-state index is 0.0674. The van der Waals surface area contributed by atoms with Crippen LogP contribution in [0.1, 0.15) is 37.3 Å². The standard InChI is InChI=1S/C22H22Cl2N2O/c1-13(2)20(27)21-22(12-26-19-11-16(24)6-7-18(19)22)17(8-9-25-21)14-4-3-5-15(23)10-14/h3-7,10-13,17,21,25H,8-9H2,1-2H3/t17-,21-,22-/m0/s1. The minimum Gasteiger partial charge on any atom is -0.306 e. The predicted molar refractivity (Wildman–Crippen MR) is 112 cm³/mol. The number of hydrogen-bond acceptors (Lipinski definition) is 3. The van der Waals surface area contributed by atoms with Crippen LogP contribution in [0.2, 0.25) is 10.0 Å². The first-order chi connectivity index (χ1) is 12.9. The first kappa shape index (κ1) is 18.7. The lowest BCUT2D eigenvalue weighted by Crippen LogP contribution is -2.61. The van der Waals surface area contributed by atoms with Crippen LogP contribution in [0.3, 0.4) is 0 Å². The Kier molecular flexibility index (Phi) is 4.87. The molecule has 2 aliphatic heterocycles. The molecule has 0 aliphatic carbocycles. The number of carbonyl (C=O) groups excluding carboxylic acids is 1. The molecule has 0 aromatic heterocycles. The average Bonchev–Trinajstić information content (AvgIpc) is 3.00. The summed E-state index contributed by atoms with van der Waals surface area (Å²) < 4.78 is 0. The summed E-state index contributed by atoms with van der Waals surface area (Å²) in [6.07, 6.45) is 2.87. The zero-order valence-corrected chi connectivity index (χ0v) is 16.9. The molecule has 2 aliphatic rings.